The van der Waals surface area contributed by atoms with Gasteiger partial charge in [-0.1, -0.05) is 6.92 Å². The van der Waals surface area contributed by atoms with E-state index >= 15 is 0 Å². The van der Waals surface area contributed by atoms with Crippen LogP contribution in [0.3, 0.4) is 0 Å². The Morgan fingerprint density at radius 2 is 1.87 bits per heavy atom. The first kappa shape index (κ1) is 25.6. The zero-order valence-corrected chi connectivity index (χ0v) is 22.1. The number of nitrogens with two attached hydrogens (primary N) is 1. The van der Waals surface area contributed by atoms with Crippen molar-refractivity contribution < 1.29 is 19.4 Å². The van der Waals surface area contributed by atoms with Crippen molar-refractivity contribution in [1.29, 1.82) is 0 Å². The number of amides is 2. The van der Waals surface area contributed by atoms with Crippen molar-refractivity contribution in [2.45, 2.75) is 52.5 Å². The lowest BCUT2D eigenvalue weighted by atomic mass is 10.2. The minimum Gasteiger partial charge on any atom is -0.482 e. The lowest BCUT2D eigenvalue weighted by Gasteiger charge is -2.10. The van der Waals surface area contributed by atoms with Crippen LogP contribution >= 0.6 is 0 Å². The number of aryl methyl sites for hydroxylation is 2. The Morgan fingerprint density at radius 1 is 1.13 bits per heavy atom. The van der Waals surface area contributed by atoms with Gasteiger partial charge in [-0.05, 0) is 69.2 Å². The number of carboxylic acids is 1. The molecule has 0 aromatic carbocycles. The summed E-state index contributed by atoms with van der Waals surface area (Å²) in [6.07, 6.45) is 5.60. The van der Waals surface area contributed by atoms with Crippen LogP contribution in [0.25, 0.3) is 28.1 Å². The quantitative estimate of drug-likeness (QED) is 0.387. The van der Waals surface area contributed by atoms with Crippen LogP contribution in [-0.4, -0.2) is 61.1 Å². The van der Waals surface area contributed by atoms with Crippen LogP contribution in [0.4, 0.5) is 4.79 Å². The summed E-state index contributed by atoms with van der Waals surface area (Å²) in [6.45, 7) is 6.73. The van der Waals surface area contributed by atoms with Gasteiger partial charge in [0.25, 0.3) is 0 Å². The molecule has 1 aliphatic carbocycles. The smallest absolute Gasteiger partial charge is 0.336 e. The summed E-state index contributed by atoms with van der Waals surface area (Å²) in [6, 6.07) is 9.19. The van der Waals surface area contributed by atoms with Gasteiger partial charge in [0.2, 0.25) is 0 Å². The number of methoxy groups -OCH3 is 1. The Morgan fingerprint density at radius 3 is 2.45 bits per heavy atom. The Labute approximate surface area is 221 Å². The Bertz CT molecular complexity index is 1510. The molecule has 1 saturated heterocycles. The predicted molar refractivity (Wildman–Crippen MR) is 145 cm³/mol. The maximum Gasteiger partial charge on any atom is 0.336 e. The molecule has 3 N–H and O–H groups in total. The van der Waals surface area contributed by atoms with Gasteiger partial charge in [0, 0.05) is 36.8 Å². The number of aromatic carboxylic acids is 1. The number of hydrogen-bond acceptors (Lipinski definition) is 5. The van der Waals surface area contributed by atoms with Crippen molar-refractivity contribution in [3.05, 3.63) is 47.3 Å². The average Bonchev–Trinajstić information content (AvgIpc) is 3.27. The monoisotopic (exact) mass is 518 g/mol. The molecule has 2 amide bonds. The van der Waals surface area contributed by atoms with Crippen LogP contribution in [0.1, 0.15) is 54.4 Å². The molecule has 4 aromatic heterocycles. The van der Waals surface area contributed by atoms with Gasteiger partial charge < -0.3 is 25.0 Å². The van der Waals surface area contributed by atoms with Crippen LogP contribution in [0, 0.1) is 12.8 Å². The van der Waals surface area contributed by atoms with E-state index in [1.54, 1.807) is 18.1 Å². The lowest BCUT2D eigenvalue weighted by molar-refractivity contribution is 0.0696. The lowest BCUT2D eigenvalue weighted by Crippen LogP contribution is -2.32. The number of urea groups is 1. The number of pyridine rings is 2. The highest BCUT2D eigenvalue weighted by Crippen LogP contribution is 2.37. The highest BCUT2D eigenvalue weighted by Gasteiger charge is 2.26. The summed E-state index contributed by atoms with van der Waals surface area (Å²) in [5.41, 5.74) is 10.5. The molecule has 0 bridgehead atoms. The van der Waals surface area contributed by atoms with E-state index < -0.39 is 5.97 Å². The van der Waals surface area contributed by atoms with E-state index in [2.05, 4.69) is 29.7 Å². The SMILES string of the molecule is CCc1ccc2cc(-c3nc4cc(C(=O)O)cc(OC)n4c3C)n(CC3CC3)c2n1.NC(=O)N1CCCC1. The minimum atomic E-state index is -1.00. The summed E-state index contributed by atoms with van der Waals surface area (Å²) < 4.78 is 9.63. The van der Waals surface area contributed by atoms with E-state index in [1.165, 1.54) is 18.9 Å². The fourth-order valence-corrected chi connectivity index (χ4v) is 5.03. The van der Waals surface area contributed by atoms with Crippen molar-refractivity contribution in [3.63, 3.8) is 0 Å². The van der Waals surface area contributed by atoms with Gasteiger partial charge in [0.05, 0.1) is 24.1 Å². The molecule has 10 nitrogen and oxygen atoms in total. The molecule has 0 radical (unpaired) electrons. The van der Waals surface area contributed by atoms with Gasteiger partial charge in [-0.3, -0.25) is 4.40 Å². The van der Waals surface area contributed by atoms with Crippen molar-refractivity contribution >= 4 is 28.7 Å². The van der Waals surface area contributed by atoms with Gasteiger partial charge in [0.15, 0.2) is 5.88 Å². The molecule has 38 heavy (non-hydrogen) atoms. The standard InChI is InChI=1S/C23H24N4O3.C5H10N2O/c1-4-17-8-7-15-9-18(26(22(15)24-17)12-14-5-6-14)21-13(2)27-19(25-21)10-16(23(28)29)11-20(27)30-3;6-5(8)7-3-1-2-4-7/h7-11,14H,4-6,12H2,1-3H3,(H,28,29);1-4H2,(H2,6,8). The van der Waals surface area contributed by atoms with Gasteiger partial charge in [-0.15, -0.1) is 0 Å². The molecule has 10 heteroatoms. The summed E-state index contributed by atoms with van der Waals surface area (Å²) in [4.78, 5) is 33.3. The Kier molecular flexibility index (Phi) is 6.96. The fraction of sp³-hybridized carbons (Fsp3) is 0.429. The maximum absolute atomic E-state index is 11.5. The van der Waals surface area contributed by atoms with E-state index in [4.69, 9.17) is 20.4 Å². The number of nitrogens with zero attached hydrogens (tertiary/aromatic N) is 5. The minimum absolute atomic E-state index is 0.156. The molecule has 1 aliphatic heterocycles. The molecule has 0 atom stereocenters. The normalized spacial score (nSPS) is 15.1. The Hall–Kier alpha value is -4.08. The van der Waals surface area contributed by atoms with Crippen LogP contribution in [0.15, 0.2) is 30.3 Å². The third-order valence-electron chi connectivity index (χ3n) is 7.34. The topological polar surface area (TPSA) is 128 Å². The first-order chi connectivity index (χ1) is 18.3. The van der Waals surface area contributed by atoms with Gasteiger partial charge in [-0.2, -0.15) is 0 Å². The van der Waals surface area contributed by atoms with Crippen LogP contribution in [0.5, 0.6) is 5.88 Å². The number of likely N-dealkylation sites (tertiary alicyclic amines) is 1. The highest BCUT2D eigenvalue weighted by molar-refractivity contribution is 5.90. The summed E-state index contributed by atoms with van der Waals surface area (Å²) in [5.74, 6) is 0.131. The third-order valence-corrected chi connectivity index (χ3v) is 7.34. The van der Waals surface area contributed by atoms with E-state index in [-0.39, 0.29) is 11.6 Å². The number of carbonyl (C=O) groups excluding carboxylic acids is 1. The summed E-state index contributed by atoms with van der Waals surface area (Å²) in [5, 5.41) is 10.5. The largest absolute Gasteiger partial charge is 0.482 e. The van der Waals surface area contributed by atoms with Crippen LogP contribution < -0.4 is 10.5 Å². The van der Waals surface area contributed by atoms with Crippen molar-refractivity contribution in [3.8, 4) is 17.3 Å². The number of fused-ring (bicyclic) bond motifs is 2. The molecule has 2 aliphatic rings. The summed E-state index contributed by atoms with van der Waals surface area (Å²) in [7, 11) is 1.54. The van der Waals surface area contributed by atoms with Gasteiger partial charge in [-0.25, -0.2) is 19.6 Å². The maximum atomic E-state index is 11.5. The number of aromatic nitrogens is 4. The number of imidazole rings is 1. The second-order valence-corrected chi connectivity index (χ2v) is 10.0. The number of hydrogen-bond donors (Lipinski definition) is 2. The zero-order valence-electron chi connectivity index (χ0n) is 22.1. The average molecular weight is 519 g/mol. The molecule has 6 rings (SSSR count). The zero-order chi connectivity index (χ0) is 27.0. The fourth-order valence-electron chi connectivity index (χ4n) is 5.03. The van der Waals surface area contributed by atoms with Crippen molar-refractivity contribution in [2.75, 3.05) is 20.2 Å². The van der Waals surface area contributed by atoms with Crippen molar-refractivity contribution in [1.82, 2.24) is 23.8 Å². The van der Waals surface area contributed by atoms with Crippen molar-refractivity contribution in [2.24, 2.45) is 11.7 Å². The molecule has 2 fully saturated rings. The number of ether oxygens (including phenoxy) is 1. The first-order valence-corrected chi connectivity index (χ1v) is 13.1. The highest BCUT2D eigenvalue weighted by atomic mass is 16.5. The molecule has 0 spiro atoms. The molecular formula is C28H34N6O4. The Balaban J connectivity index is 0.000000316. The second kappa shape index (κ2) is 10.4. The molecule has 0 unspecified atom stereocenters. The number of carbonyl (C=O) groups is 2. The van der Waals surface area contributed by atoms with Crippen LogP contribution in [0.2, 0.25) is 0 Å². The number of primary amides is 1. The molecular weight excluding hydrogens is 484 g/mol. The molecule has 200 valence electrons. The van der Waals surface area contributed by atoms with Gasteiger partial charge in [0.1, 0.15) is 17.0 Å². The molecule has 1 saturated carbocycles. The van der Waals surface area contributed by atoms with E-state index in [1.807, 2.05) is 11.3 Å². The predicted octanol–water partition coefficient (Wildman–Crippen LogP) is 4.50. The molecule has 4 aromatic rings. The number of rotatable bonds is 6. The third kappa shape index (κ3) is 4.90. The van der Waals surface area contributed by atoms with E-state index in [9.17, 15) is 14.7 Å². The first-order valence-electron chi connectivity index (χ1n) is 13.1. The summed E-state index contributed by atoms with van der Waals surface area (Å²) >= 11 is 0. The van der Waals surface area contributed by atoms with Gasteiger partial charge >= 0.3 is 12.0 Å². The second-order valence-electron chi connectivity index (χ2n) is 10.0. The van der Waals surface area contributed by atoms with E-state index in [0.717, 1.165) is 72.7 Å². The molecule has 5 heterocycles. The number of carboxylic acid groups (broad SMARTS) is 1. The van der Waals surface area contributed by atoms with Crippen LogP contribution in [-0.2, 0) is 13.0 Å². The van der Waals surface area contributed by atoms with E-state index in [0.29, 0.717) is 17.4 Å².